The summed E-state index contributed by atoms with van der Waals surface area (Å²) in [7, 11) is 1.61. The van der Waals surface area contributed by atoms with E-state index in [1.807, 2.05) is 60.7 Å². The molecule has 5 rings (SSSR count). The molecular weight excluding hydrogens is 490 g/mol. The van der Waals surface area contributed by atoms with Crippen molar-refractivity contribution in [1.29, 1.82) is 0 Å². The zero-order valence-corrected chi connectivity index (χ0v) is 22.8. The highest BCUT2D eigenvalue weighted by atomic mass is 16.5. The average Bonchev–Trinajstić information content (AvgIpc) is 3.24. The lowest BCUT2D eigenvalue weighted by Crippen LogP contribution is -2.50. The maximum Gasteiger partial charge on any atom is 0.258 e. The lowest BCUT2D eigenvalue weighted by Gasteiger charge is -2.31. The molecule has 1 N–H and O–H groups in total. The third-order valence-corrected chi connectivity index (χ3v) is 8.03. The maximum atomic E-state index is 13.6. The maximum absolute atomic E-state index is 13.6. The quantitative estimate of drug-likeness (QED) is 0.380. The van der Waals surface area contributed by atoms with Gasteiger partial charge in [0.1, 0.15) is 11.8 Å². The first kappa shape index (κ1) is 26.7. The zero-order chi connectivity index (χ0) is 27.4. The minimum absolute atomic E-state index is 0.0253. The fourth-order valence-corrected chi connectivity index (χ4v) is 5.85. The van der Waals surface area contributed by atoms with Crippen molar-refractivity contribution in [2.45, 2.75) is 70.5 Å². The first-order valence-electron chi connectivity index (χ1n) is 14.0. The summed E-state index contributed by atoms with van der Waals surface area (Å²) >= 11 is 0. The number of rotatable bonds is 10. The van der Waals surface area contributed by atoms with E-state index in [0.717, 1.165) is 47.7 Å². The van der Waals surface area contributed by atoms with Gasteiger partial charge < -0.3 is 19.9 Å². The van der Waals surface area contributed by atoms with E-state index in [-0.39, 0.29) is 30.2 Å². The van der Waals surface area contributed by atoms with Crippen molar-refractivity contribution in [2.75, 3.05) is 18.6 Å². The van der Waals surface area contributed by atoms with Gasteiger partial charge in [-0.25, -0.2) is 0 Å². The third-order valence-electron chi connectivity index (χ3n) is 8.03. The Morgan fingerprint density at radius 1 is 1.05 bits per heavy atom. The number of benzene rings is 3. The van der Waals surface area contributed by atoms with Gasteiger partial charge in [-0.2, -0.15) is 0 Å². The second kappa shape index (κ2) is 11.9. The van der Waals surface area contributed by atoms with Crippen LogP contribution in [-0.4, -0.2) is 48.4 Å². The first-order chi connectivity index (χ1) is 19.0. The van der Waals surface area contributed by atoms with Gasteiger partial charge in [-0.15, -0.1) is 0 Å². The molecule has 1 aliphatic carbocycles. The van der Waals surface area contributed by atoms with Gasteiger partial charge in [-0.05, 0) is 61.4 Å². The molecular formula is C32H37N3O4. The number of carbonyl (C=O) groups is 3. The number of anilines is 1. The van der Waals surface area contributed by atoms with Crippen LogP contribution in [0.15, 0.2) is 60.7 Å². The van der Waals surface area contributed by atoms with Crippen molar-refractivity contribution in [2.24, 2.45) is 0 Å². The Hall–Kier alpha value is -3.87. The molecule has 204 valence electrons. The summed E-state index contributed by atoms with van der Waals surface area (Å²) in [6.45, 7) is 2.55. The Balaban J connectivity index is 1.28. The third kappa shape index (κ3) is 5.77. The highest BCUT2D eigenvalue weighted by Gasteiger charge is 2.31. The number of hydrogen-bond donors (Lipinski definition) is 1. The fourth-order valence-electron chi connectivity index (χ4n) is 5.85. The van der Waals surface area contributed by atoms with E-state index in [1.54, 1.807) is 23.8 Å². The van der Waals surface area contributed by atoms with Crippen LogP contribution >= 0.6 is 0 Å². The SMILES string of the molecule is COc1cccc(CN(C(=O)CCCN2C(=O)c3cccc4cccc2c34)[C@H](C)C(=O)NC2CCCCC2)c1. The van der Waals surface area contributed by atoms with Crippen molar-refractivity contribution < 1.29 is 19.1 Å². The van der Waals surface area contributed by atoms with E-state index in [0.29, 0.717) is 30.8 Å². The van der Waals surface area contributed by atoms with Gasteiger partial charge in [0.25, 0.3) is 5.91 Å². The van der Waals surface area contributed by atoms with Gasteiger partial charge in [0.05, 0.1) is 12.8 Å². The minimum Gasteiger partial charge on any atom is -0.497 e. The van der Waals surface area contributed by atoms with E-state index in [9.17, 15) is 14.4 Å². The van der Waals surface area contributed by atoms with Crippen LogP contribution in [0.5, 0.6) is 5.75 Å². The zero-order valence-electron chi connectivity index (χ0n) is 22.8. The number of nitrogens with one attached hydrogen (secondary N) is 1. The molecule has 7 heteroatoms. The van der Waals surface area contributed by atoms with Crippen LogP contribution in [-0.2, 0) is 16.1 Å². The number of hydrogen-bond acceptors (Lipinski definition) is 4. The van der Waals surface area contributed by atoms with E-state index in [2.05, 4.69) is 5.32 Å². The minimum atomic E-state index is -0.614. The summed E-state index contributed by atoms with van der Waals surface area (Å²) in [6.07, 6.45) is 6.17. The van der Waals surface area contributed by atoms with Gasteiger partial charge in [0.15, 0.2) is 0 Å². The van der Waals surface area contributed by atoms with Crippen molar-refractivity contribution in [3.63, 3.8) is 0 Å². The largest absolute Gasteiger partial charge is 0.497 e. The van der Waals surface area contributed by atoms with Crippen LogP contribution in [0.25, 0.3) is 10.8 Å². The topological polar surface area (TPSA) is 79.0 Å². The highest BCUT2D eigenvalue weighted by Crippen LogP contribution is 2.37. The van der Waals surface area contributed by atoms with E-state index in [1.165, 1.54) is 6.42 Å². The standard InChI is InChI=1S/C32H37N3O4/c1-22(31(37)33-25-13-4-3-5-14-25)35(21-23-10-6-15-26(20-23)39-2)29(36)18-9-19-34-28-17-8-12-24-11-7-16-27(30(24)28)32(34)38/h6-8,10-12,15-17,20,22,25H,3-5,9,13-14,18-19,21H2,1-2H3,(H,33,37)/t22-/m1/s1. The van der Waals surface area contributed by atoms with Crippen LogP contribution in [0.4, 0.5) is 5.69 Å². The Bertz CT molecular complexity index is 1360. The molecule has 1 atom stereocenters. The number of ether oxygens (including phenoxy) is 1. The average molecular weight is 528 g/mol. The molecule has 0 unspecified atom stereocenters. The van der Waals surface area contributed by atoms with E-state index < -0.39 is 6.04 Å². The predicted molar refractivity (Wildman–Crippen MR) is 153 cm³/mol. The molecule has 3 aromatic carbocycles. The Labute approximate surface area is 230 Å². The molecule has 7 nitrogen and oxygen atoms in total. The number of carbonyl (C=O) groups excluding carboxylic acids is 3. The van der Waals surface area contributed by atoms with Gasteiger partial charge in [0, 0.05) is 36.5 Å². The summed E-state index contributed by atoms with van der Waals surface area (Å²) in [5.74, 6) is 0.463. The monoisotopic (exact) mass is 527 g/mol. The molecule has 0 saturated heterocycles. The molecule has 3 aromatic rings. The Kier molecular flexibility index (Phi) is 8.15. The molecule has 2 aliphatic rings. The van der Waals surface area contributed by atoms with E-state index >= 15 is 0 Å². The predicted octanol–water partition coefficient (Wildman–Crippen LogP) is 5.46. The van der Waals surface area contributed by atoms with Crippen LogP contribution in [0.3, 0.4) is 0 Å². The molecule has 39 heavy (non-hydrogen) atoms. The molecule has 1 aliphatic heterocycles. The Morgan fingerprint density at radius 2 is 1.79 bits per heavy atom. The van der Waals surface area contributed by atoms with Crippen LogP contribution in [0.2, 0.25) is 0 Å². The Morgan fingerprint density at radius 3 is 2.56 bits per heavy atom. The molecule has 1 saturated carbocycles. The second-order valence-corrected chi connectivity index (χ2v) is 10.6. The van der Waals surface area contributed by atoms with Gasteiger partial charge in [0.2, 0.25) is 11.8 Å². The van der Waals surface area contributed by atoms with Gasteiger partial charge >= 0.3 is 0 Å². The van der Waals surface area contributed by atoms with Crippen LogP contribution in [0.1, 0.15) is 67.8 Å². The summed E-state index contributed by atoms with van der Waals surface area (Å²) in [6, 6.07) is 18.9. The fraction of sp³-hybridized carbons (Fsp3) is 0.406. The summed E-state index contributed by atoms with van der Waals surface area (Å²) in [5.41, 5.74) is 2.51. The van der Waals surface area contributed by atoms with Crippen LogP contribution in [0, 0.1) is 0 Å². The summed E-state index contributed by atoms with van der Waals surface area (Å²) < 4.78 is 5.37. The molecule has 1 fully saturated rings. The summed E-state index contributed by atoms with van der Waals surface area (Å²) in [4.78, 5) is 43.4. The van der Waals surface area contributed by atoms with Crippen molar-refractivity contribution in [1.82, 2.24) is 10.2 Å². The normalized spacial score (nSPS) is 15.8. The van der Waals surface area contributed by atoms with Crippen molar-refractivity contribution in [3.05, 3.63) is 71.8 Å². The number of nitrogens with zero attached hydrogens (tertiary/aromatic N) is 2. The highest BCUT2D eigenvalue weighted by molar-refractivity contribution is 6.25. The van der Waals surface area contributed by atoms with Gasteiger partial charge in [-0.1, -0.05) is 55.7 Å². The van der Waals surface area contributed by atoms with E-state index in [4.69, 9.17) is 4.74 Å². The second-order valence-electron chi connectivity index (χ2n) is 10.6. The first-order valence-corrected chi connectivity index (χ1v) is 14.0. The molecule has 0 radical (unpaired) electrons. The van der Waals surface area contributed by atoms with Crippen LogP contribution < -0.4 is 15.0 Å². The summed E-state index contributed by atoms with van der Waals surface area (Å²) in [5, 5.41) is 5.20. The molecule has 0 aromatic heterocycles. The molecule has 0 spiro atoms. The number of methoxy groups -OCH3 is 1. The molecule has 3 amide bonds. The molecule has 1 heterocycles. The van der Waals surface area contributed by atoms with Crippen molar-refractivity contribution in [3.8, 4) is 5.75 Å². The number of amides is 3. The molecule has 0 bridgehead atoms. The smallest absolute Gasteiger partial charge is 0.258 e. The van der Waals surface area contributed by atoms with Crippen molar-refractivity contribution >= 4 is 34.2 Å². The lowest BCUT2D eigenvalue weighted by atomic mass is 9.95. The van der Waals surface area contributed by atoms with Gasteiger partial charge in [-0.3, -0.25) is 14.4 Å². The lowest BCUT2D eigenvalue weighted by molar-refractivity contribution is -0.141.